The van der Waals surface area contributed by atoms with Gasteiger partial charge in [0.15, 0.2) is 12.1 Å². The fraction of sp³-hybridized carbons (Fsp3) is 0.125. The van der Waals surface area contributed by atoms with Gasteiger partial charge in [-0.15, -0.1) is 0 Å². The van der Waals surface area contributed by atoms with Crippen molar-refractivity contribution in [1.29, 1.82) is 0 Å². The molecule has 0 atom stereocenters. The van der Waals surface area contributed by atoms with E-state index in [0.29, 0.717) is 0 Å². The summed E-state index contributed by atoms with van der Waals surface area (Å²) < 4.78 is 49.6. The van der Waals surface area contributed by atoms with Gasteiger partial charge in [0.05, 0.1) is 5.02 Å². The average molecular weight is 227 g/mol. The van der Waals surface area contributed by atoms with E-state index >= 15 is 0 Å². The third-order valence-electron chi connectivity index (χ3n) is 1.54. The van der Waals surface area contributed by atoms with Crippen LogP contribution in [-0.2, 0) is 6.18 Å². The van der Waals surface area contributed by atoms with E-state index in [1.807, 2.05) is 0 Å². The standard InChI is InChI=1S/C8H3ClF4O/c9-5-2-1-4(3-14)6(7(5)10)8(11,12)13/h1-3H. The molecule has 0 saturated heterocycles. The van der Waals surface area contributed by atoms with E-state index in [4.69, 9.17) is 11.6 Å². The molecule has 0 heterocycles. The summed E-state index contributed by atoms with van der Waals surface area (Å²) in [6.45, 7) is 0. The van der Waals surface area contributed by atoms with Crippen LogP contribution in [0.4, 0.5) is 17.6 Å². The van der Waals surface area contributed by atoms with Crippen molar-refractivity contribution in [2.24, 2.45) is 0 Å². The van der Waals surface area contributed by atoms with Crippen LogP contribution >= 0.6 is 11.6 Å². The molecule has 1 nitrogen and oxygen atoms in total. The molecule has 6 heteroatoms. The number of alkyl halides is 3. The van der Waals surface area contributed by atoms with Crippen LogP contribution in [0, 0.1) is 5.82 Å². The van der Waals surface area contributed by atoms with Crippen molar-refractivity contribution in [2.45, 2.75) is 6.18 Å². The molecule has 0 aliphatic rings. The van der Waals surface area contributed by atoms with E-state index in [0.717, 1.165) is 12.1 Å². The fourth-order valence-electron chi connectivity index (χ4n) is 0.952. The molecule has 0 spiro atoms. The van der Waals surface area contributed by atoms with E-state index < -0.39 is 28.1 Å². The van der Waals surface area contributed by atoms with Gasteiger partial charge in [0, 0.05) is 5.56 Å². The Morgan fingerprint density at radius 3 is 2.29 bits per heavy atom. The summed E-state index contributed by atoms with van der Waals surface area (Å²) in [6.07, 6.45) is -4.99. The van der Waals surface area contributed by atoms with Gasteiger partial charge < -0.3 is 0 Å². The molecule has 0 unspecified atom stereocenters. The monoisotopic (exact) mass is 226 g/mol. The lowest BCUT2D eigenvalue weighted by Crippen LogP contribution is -2.12. The zero-order chi connectivity index (χ0) is 10.9. The van der Waals surface area contributed by atoms with Crippen molar-refractivity contribution in [3.8, 4) is 0 Å². The number of rotatable bonds is 1. The van der Waals surface area contributed by atoms with Crippen LogP contribution < -0.4 is 0 Å². The summed E-state index contributed by atoms with van der Waals surface area (Å²) in [5.41, 5.74) is -2.39. The molecule has 0 aliphatic carbocycles. The highest BCUT2D eigenvalue weighted by Gasteiger charge is 2.37. The fourth-order valence-corrected chi connectivity index (χ4v) is 1.11. The number of hydrogen-bond acceptors (Lipinski definition) is 1. The van der Waals surface area contributed by atoms with E-state index in [1.54, 1.807) is 0 Å². The lowest BCUT2D eigenvalue weighted by atomic mass is 10.1. The molecule has 0 aliphatic heterocycles. The zero-order valence-corrected chi connectivity index (χ0v) is 7.29. The number of aldehydes is 1. The van der Waals surface area contributed by atoms with E-state index in [-0.39, 0.29) is 6.29 Å². The predicted molar refractivity (Wildman–Crippen MR) is 41.8 cm³/mol. The molecule has 1 rings (SSSR count). The Bertz CT molecular complexity index is 372. The van der Waals surface area contributed by atoms with Crippen molar-refractivity contribution in [1.82, 2.24) is 0 Å². The minimum atomic E-state index is -4.93. The summed E-state index contributed by atoms with van der Waals surface area (Å²) in [4.78, 5) is 10.2. The van der Waals surface area contributed by atoms with E-state index in [1.165, 1.54) is 0 Å². The quantitative estimate of drug-likeness (QED) is 0.530. The molecular weight excluding hydrogens is 224 g/mol. The van der Waals surface area contributed by atoms with Gasteiger partial charge in [-0.2, -0.15) is 13.2 Å². The van der Waals surface area contributed by atoms with Crippen molar-refractivity contribution < 1.29 is 22.4 Å². The van der Waals surface area contributed by atoms with Gasteiger partial charge in [-0.1, -0.05) is 11.6 Å². The number of carbonyl (C=O) groups excluding carboxylic acids is 1. The van der Waals surface area contributed by atoms with Gasteiger partial charge in [0.1, 0.15) is 5.56 Å². The third kappa shape index (κ3) is 1.87. The Morgan fingerprint density at radius 1 is 1.29 bits per heavy atom. The third-order valence-corrected chi connectivity index (χ3v) is 1.83. The highest BCUT2D eigenvalue weighted by atomic mass is 35.5. The lowest BCUT2D eigenvalue weighted by Gasteiger charge is -2.10. The first-order valence-corrected chi connectivity index (χ1v) is 3.76. The number of halogens is 5. The molecule has 0 N–H and O–H groups in total. The van der Waals surface area contributed by atoms with Crippen LogP contribution in [0.5, 0.6) is 0 Å². The molecule has 0 radical (unpaired) electrons. The second-order valence-corrected chi connectivity index (χ2v) is 2.85. The van der Waals surface area contributed by atoms with Crippen molar-refractivity contribution in [3.63, 3.8) is 0 Å². The van der Waals surface area contributed by atoms with Crippen LogP contribution in [0.2, 0.25) is 5.02 Å². The van der Waals surface area contributed by atoms with Crippen LogP contribution in [0.15, 0.2) is 12.1 Å². The molecule has 0 fully saturated rings. The summed E-state index contributed by atoms with van der Waals surface area (Å²) >= 11 is 5.16. The topological polar surface area (TPSA) is 17.1 Å². The Balaban J connectivity index is 3.51. The zero-order valence-electron chi connectivity index (χ0n) is 6.53. The van der Waals surface area contributed by atoms with Gasteiger partial charge in [-0.25, -0.2) is 4.39 Å². The molecule has 76 valence electrons. The van der Waals surface area contributed by atoms with Crippen molar-refractivity contribution in [2.75, 3.05) is 0 Å². The first-order chi connectivity index (χ1) is 6.38. The number of benzene rings is 1. The van der Waals surface area contributed by atoms with Crippen LogP contribution in [-0.4, -0.2) is 6.29 Å². The maximum Gasteiger partial charge on any atom is 0.419 e. The van der Waals surface area contributed by atoms with Gasteiger partial charge in [0.25, 0.3) is 0 Å². The Morgan fingerprint density at radius 2 is 1.86 bits per heavy atom. The van der Waals surface area contributed by atoms with Gasteiger partial charge in [-0.3, -0.25) is 4.79 Å². The smallest absolute Gasteiger partial charge is 0.298 e. The summed E-state index contributed by atoms with van der Waals surface area (Å²) in [7, 11) is 0. The van der Waals surface area contributed by atoms with Gasteiger partial charge >= 0.3 is 6.18 Å². The minimum Gasteiger partial charge on any atom is -0.298 e. The molecule has 1 aromatic carbocycles. The Kier molecular flexibility index (Phi) is 2.80. The van der Waals surface area contributed by atoms with Crippen LogP contribution in [0.3, 0.4) is 0 Å². The molecule has 0 aromatic heterocycles. The maximum absolute atomic E-state index is 12.9. The molecule has 0 amide bonds. The van der Waals surface area contributed by atoms with Crippen molar-refractivity contribution in [3.05, 3.63) is 34.1 Å². The average Bonchev–Trinajstić information content (AvgIpc) is 2.07. The highest BCUT2D eigenvalue weighted by Crippen LogP contribution is 2.35. The first-order valence-electron chi connectivity index (χ1n) is 3.38. The molecule has 14 heavy (non-hydrogen) atoms. The number of carbonyl (C=O) groups is 1. The highest BCUT2D eigenvalue weighted by molar-refractivity contribution is 6.30. The SMILES string of the molecule is O=Cc1ccc(Cl)c(F)c1C(F)(F)F. The van der Waals surface area contributed by atoms with Crippen molar-refractivity contribution >= 4 is 17.9 Å². The van der Waals surface area contributed by atoms with Gasteiger partial charge in [-0.05, 0) is 12.1 Å². The van der Waals surface area contributed by atoms with Crippen LogP contribution in [0.1, 0.15) is 15.9 Å². The first kappa shape index (κ1) is 11.0. The second kappa shape index (κ2) is 3.57. The summed E-state index contributed by atoms with van der Waals surface area (Å²) in [5.74, 6) is -1.62. The summed E-state index contributed by atoms with van der Waals surface area (Å²) in [5, 5.41) is -0.664. The minimum absolute atomic E-state index is 0.0672. The van der Waals surface area contributed by atoms with Gasteiger partial charge in [0.2, 0.25) is 0 Å². The molecular formula is C8H3ClF4O. The maximum atomic E-state index is 12.9. The molecule has 1 aromatic rings. The Hall–Kier alpha value is -1.10. The van der Waals surface area contributed by atoms with E-state index in [2.05, 4.69) is 0 Å². The summed E-state index contributed by atoms with van der Waals surface area (Å²) in [6, 6.07) is 1.72. The normalized spacial score (nSPS) is 11.5. The Labute approximate surface area is 81.3 Å². The largest absolute Gasteiger partial charge is 0.419 e. The predicted octanol–water partition coefficient (Wildman–Crippen LogP) is 3.31. The second-order valence-electron chi connectivity index (χ2n) is 2.44. The molecule has 0 bridgehead atoms. The number of hydrogen-bond donors (Lipinski definition) is 0. The molecule has 0 saturated carbocycles. The van der Waals surface area contributed by atoms with E-state index in [9.17, 15) is 22.4 Å². The van der Waals surface area contributed by atoms with Crippen LogP contribution in [0.25, 0.3) is 0 Å². The lowest BCUT2D eigenvalue weighted by molar-refractivity contribution is -0.140.